The summed E-state index contributed by atoms with van der Waals surface area (Å²) in [6.07, 6.45) is 4.15. The van der Waals surface area contributed by atoms with Crippen molar-refractivity contribution in [3.05, 3.63) is 20.8 Å². The van der Waals surface area contributed by atoms with Crippen LogP contribution in [0.15, 0.2) is 4.79 Å². The maximum Gasteiger partial charge on any atom is 0.278 e. The molecule has 0 saturated heterocycles. The van der Waals surface area contributed by atoms with Crippen LogP contribution in [0.4, 0.5) is 0 Å². The van der Waals surface area contributed by atoms with Gasteiger partial charge < -0.3 is 0 Å². The van der Waals surface area contributed by atoms with E-state index in [-0.39, 0.29) is 5.56 Å². The lowest BCUT2D eigenvalue weighted by atomic mass is 9.72. The Bertz CT molecular complexity index is 723. The first-order valence-electron chi connectivity index (χ1n) is 7.80. The van der Waals surface area contributed by atoms with Crippen molar-refractivity contribution in [2.24, 2.45) is 11.3 Å². The summed E-state index contributed by atoms with van der Waals surface area (Å²) in [6.45, 7) is 9.63. The number of thiophene rings is 1. The second-order valence-corrected chi connectivity index (χ2v) is 8.19. The number of rotatable bonds is 2. The van der Waals surface area contributed by atoms with Gasteiger partial charge in [0.1, 0.15) is 0 Å². The molecule has 0 aromatic carbocycles. The smallest absolute Gasteiger partial charge is 0.267 e. The van der Waals surface area contributed by atoms with Crippen LogP contribution in [0.5, 0.6) is 0 Å². The molecule has 2 heterocycles. The van der Waals surface area contributed by atoms with Crippen LogP contribution in [-0.4, -0.2) is 15.0 Å². The molecule has 4 nitrogen and oxygen atoms in total. The van der Waals surface area contributed by atoms with E-state index in [9.17, 15) is 4.79 Å². The first-order chi connectivity index (χ1) is 9.91. The van der Waals surface area contributed by atoms with E-state index in [0.29, 0.717) is 17.9 Å². The van der Waals surface area contributed by atoms with Crippen LogP contribution < -0.4 is 5.56 Å². The van der Waals surface area contributed by atoms with E-state index in [0.717, 1.165) is 35.9 Å². The summed E-state index contributed by atoms with van der Waals surface area (Å²) in [5.41, 5.74) is 1.62. The minimum absolute atomic E-state index is 0.0496. The fourth-order valence-electron chi connectivity index (χ4n) is 3.22. The zero-order valence-electron chi connectivity index (χ0n) is 13.3. The fraction of sp³-hybridized carbons (Fsp3) is 0.688. The highest BCUT2D eigenvalue weighted by Crippen LogP contribution is 2.41. The van der Waals surface area contributed by atoms with Gasteiger partial charge in [-0.3, -0.25) is 4.79 Å². The van der Waals surface area contributed by atoms with Gasteiger partial charge in [-0.25, -0.2) is 4.68 Å². The number of fused-ring (bicyclic) bond motifs is 3. The monoisotopic (exact) mass is 305 g/mol. The van der Waals surface area contributed by atoms with Crippen LogP contribution >= 0.6 is 11.3 Å². The normalized spacial score (nSPS) is 19.0. The maximum absolute atomic E-state index is 12.6. The fourth-order valence-corrected chi connectivity index (χ4v) is 4.46. The Labute approximate surface area is 129 Å². The lowest BCUT2D eigenvalue weighted by Crippen LogP contribution is -2.27. The molecule has 5 heteroatoms. The van der Waals surface area contributed by atoms with Crippen molar-refractivity contribution in [3.8, 4) is 0 Å². The molecule has 0 N–H and O–H groups in total. The molecule has 2 aromatic rings. The Kier molecular flexibility index (Phi) is 3.64. The van der Waals surface area contributed by atoms with Crippen LogP contribution in [0.25, 0.3) is 10.2 Å². The highest BCUT2D eigenvalue weighted by molar-refractivity contribution is 7.18. The number of nitrogens with zero attached hydrogens (tertiary/aromatic N) is 3. The molecule has 0 amide bonds. The maximum atomic E-state index is 12.6. The van der Waals surface area contributed by atoms with Crippen molar-refractivity contribution in [2.75, 3.05) is 0 Å². The SMILES string of the molecule is CCCn1nnc2sc3c(c2c1=O)CC[C@@H](C(C)(C)C)C3. The summed E-state index contributed by atoms with van der Waals surface area (Å²) in [6, 6.07) is 0. The molecule has 1 atom stereocenters. The molecule has 1 aliphatic rings. The molecule has 0 saturated carbocycles. The molecule has 2 aromatic heterocycles. The number of aryl methyl sites for hydroxylation is 2. The summed E-state index contributed by atoms with van der Waals surface area (Å²) in [7, 11) is 0. The average molecular weight is 305 g/mol. The van der Waals surface area contributed by atoms with Gasteiger partial charge in [0.25, 0.3) is 5.56 Å². The lowest BCUT2D eigenvalue weighted by Gasteiger charge is -2.33. The van der Waals surface area contributed by atoms with Crippen LogP contribution in [0.3, 0.4) is 0 Å². The average Bonchev–Trinajstić information content (AvgIpc) is 2.79. The van der Waals surface area contributed by atoms with Gasteiger partial charge in [0.15, 0.2) is 4.83 Å². The zero-order chi connectivity index (χ0) is 15.2. The molecule has 114 valence electrons. The van der Waals surface area contributed by atoms with Gasteiger partial charge in [-0.05, 0) is 42.6 Å². The van der Waals surface area contributed by atoms with Gasteiger partial charge in [0.05, 0.1) is 5.39 Å². The molecule has 1 aliphatic carbocycles. The first-order valence-corrected chi connectivity index (χ1v) is 8.61. The van der Waals surface area contributed by atoms with Crippen molar-refractivity contribution in [1.82, 2.24) is 15.0 Å². The van der Waals surface area contributed by atoms with Gasteiger partial charge in [-0.15, -0.1) is 16.4 Å². The summed E-state index contributed by atoms with van der Waals surface area (Å²) >= 11 is 1.67. The van der Waals surface area contributed by atoms with Gasteiger partial charge in [0.2, 0.25) is 0 Å². The molecular weight excluding hydrogens is 282 g/mol. The number of hydrogen-bond donors (Lipinski definition) is 0. The number of hydrogen-bond acceptors (Lipinski definition) is 4. The molecular formula is C16H23N3OS. The van der Waals surface area contributed by atoms with Crippen molar-refractivity contribution in [3.63, 3.8) is 0 Å². The molecule has 0 unspecified atom stereocenters. The predicted molar refractivity (Wildman–Crippen MR) is 86.9 cm³/mol. The van der Waals surface area contributed by atoms with E-state index in [1.165, 1.54) is 15.1 Å². The molecule has 0 bridgehead atoms. The summed E-state index contributed by atoms with van der Waals surface area (Å²) in [5, 5.41) is 9.19. The third-order valence-corrected chi connectivity index (χ3v) is 5.74. The third-order valence-electron chi connectivity index (χ3n) is 4.60. The summed E-state index contributed by atoms with van der Waals surface area (Å²) in [4.78, 5) is 14.8. The quantitative estimate of drug-likeness (QED) is 0.854. The number of aromatic nitrogens is 3. The Morgan fingerprint density at radius 2 is 2.14 bits per heavy atom. The largest absolute Gasteiger partial charge is 0.278 e. The van der Waals surface area contributed by atoms with Gasteiger partial charge in [-0.2, -0.15) is 0 Å². The van der Waals surface area contributed by atoms with Crippen LogP contribution in [0.2, 0.25) is 0 Å². The van der Waals surface area contributed by atoms with Crippen molar-refractivity contribution in [1.29, 1.82) is 0 Å². The van der Waals surface area contributed by atoms with Crippen molar-refractivity contribution in [2.45, 2.75) is 59.9 Å². The third kappa shape index (κ3) is 2.52. The van der Waals surface area contributed by atoms with Crippen LogP contribution in [-0.2, 0) is 19.4 Å². The Morgan fingerprint density at radius 1 is 1.38 bits per heavy atom. The van der Waals surface area contributed by atoms with E-state index in [2.05, 4.69) is 38.0 Å². The predicted octanol–water partition coefficient (Wildman–Crippen LogP) is 3.41. The molecule has 3 rings (SSSR count). The van der Waals surface area contributed by atoms with Gasteiger partial charge in [-0.1, -0.05) is 32.9 Å². The minimum atomic E-state index is 0.0496. The Balaban J connectivity index is 2.08. The Morgan fingerprint density at radius 3 is 2.81 bits per heavy atom. The molecule has 0 radical (unpaired) electrons. The standard InChI is InChI=1S/C16H23N3OS/c1-5-8-19-15(20)13-11-7-6-10(16(2,3)4)9-12(11)21-14(13)17-18-19/h10H,5-9H2,1-4H3/t10-/m1/s1. The van der Waals surface area contributed by atoms with Crippen LogP contribution in [0, 0.1) is 11.3 Å². The second-order valence-electron chi connectivity index (χ2n) is 7.11. The van der Waals surface area contributed by atoms with Gasteiger partial charge in [0, 0.05) is 11.4 Å². The highest BCUT2D eigenvalue weighted by atomic mass is 32.1. The van der Waals surface area contributed by atoms with E-state index in [4.69, 9.17) is 0 Å². The van der Waals surface area contributed by atoms with E-state index < -0.39 is 0 Å². The van der Waals surface area contributed by atoms with E-state index in [1.54, 1.807) is 11.3 Å². The van der Waals surface area contributed by atoms with Crippen molar-refractivity contribution >= 4 is 21.6 Å². The van der Waals surface area contributed by atoms with Crippen LogP contribution in [0.1, 0.15) is 51.0 Å². The molecule has 0 aliphatic heterocycles. The van der Waals surface area contributed by atoms with E-state index in [1.807, 2.05) is 0 Å². The van der Waals surface area contributed by atoms with Gasteiger partial charge >= 0.3 is 0 Å². The molecule has 0 fully saturated rings. The van der Waals surface area contributed by atoms with Crippen molar-refractivity contribution < 1.29 is 0 Å². The Hall–Kier alpha value is -1.23. The van der Waals surface area contributed by atoms with E-state index >= 15 is 0 Å². The first kappa shape index (κ1) is 14.7. The topological polar surface area (TPSA) is 47.8 Å². The summed E-state index contributed by atoms with van der Waals surface area (Å²) < 4.78 is 1.52. The zero-order valence-corrected chi connectivity index (χ0v) is 14.1. The minimum Gasteiger partial charge on any atom is -0.267 e. The lowest BCUT2D eigenvalue weighted by molar-refractivity contribution is 0.218. The second kappa shape index (κ2) is 5.20. The molecule has 21 heavy (non-hydrogen) atoms. The summed E-state index contributed by atoms with van der Waals surface area (Å²) in [5.74, 6) is 0.684. The highest BCUT2D eigenvalue weighted by Gasteiger charge is 2.31. The molecule has 0 spiro atoms.